The third-order valence-corrected chi connectivity index (χ3v) is 6.13. The van der Waals surface area contributed by atoms with Crippen LogP contribution in [0.15, 0.2) is 83.5 Å². The Hall–Kier alpha value is -3.81. The van der Waals surface area contributed by atoms with Crippen LogP contribution in [0.3, 0.4) is 0 Å². The second-order valence-corrected chi connectivity index (χ2v) is 8.50. The number of carbonyl (C=O) groups is 3. The molecule has 35 heavy (non-hydrogen) atoms. The second-order valence-electron chi connectivity index (χ2n) is 7.71. The summed E-state index contributed by atoms with van der Waals surface area (Å²) in [5.74, 6) is -0.726. The number of benzene rings is 3. The Labute approximate surface area is 212 Å². The molecule has 0 unspecified atom stereocenters. The molecule has 0 radical (unpaired) electrons. The van der Waals surface area contributed by atoms with Gasteiger partial charge in [-0.2, -0.15) is 0 Å². The normalized spacial score (nSPS) is 13.3. The van der Waals surface area contributed by atoms with Gasteiger partial charge in [0.15, 0.2) is 0 Å². The van der Waals surface area contributed by atoms with Gasteiger partial charge in [0.05, 0.1) is 13.7 Å². The van der Waals surface area contributed by atoms with Gasteiger partial charge in [-0.05, 0) is 41.5 Å². The number of ether oxygens (including phenoxy) is 1. The Bertz CT molecular complexity index is 1320. The zero-order valence-corrected chi connectivity index (χ0v) is 20.2. The lowest BCUT2D eigenvalue weighted by Gasteiger charge is -2.16. The minimum Gasteiger partial charge on any atom is -0.497 e. The van der Waals surface area contributed by atoms with Gasteiger partial charge in [-0.3, -0.25) is 19.3 Å². The molecule has 0 atom stereocenters. The van der Waals surface area contributed by atoms with Crippen LogP contribution >= 0.6 is 23.2 Å². The van der Waals surface area contributed by atoms with Crippen molar-refractivity contribution in [2.45, 2.75) is 13.1 Å². The maximum atomic E-state index is 12.8. The summed E-state index contributed by atoms with van der Waals surface area (Å²) in [6.07, 6.45) is 0. The van der Waals surface area contributed by atoms with Crippen molar-refractivity contribution in [3.63, 3.8) is 0 Å². The van der Waals surface area contributed by atoms with E-state index in [9.17, 15) is 14.4 Å². The molecule has 0 aromatic heterocycles. The van der Waals surface area contributed by atoms with Crippen molar-refractivity contribution in [2.24, 2.45) is 0 Å². The topological polar surface area (TPSA) is 87.7 Å². The second kappa shape index (κ2) is 10.6. The van der Waals surface area contributed by atoms with Gasteiger partial charge in [0.25, 0.3) is 17.7 Å². The lowest BCUT2D eigenvalue weighted by atomic mass is 10.1. The molecular formula is C26H21Cl2N3O4. The van der Waals surface area contributed by atoms with E-state index in [4.69, 9.17) is 27.9 Å². The standard InChI is InChI=1S/C26H21Cl2N3O4/c1-35-20-7-4-6-19(13-20)30-24(32)17-11-9-16(10-12-17)14-29-23-22(28)25(33)31(26(23)34)15-18-5-2-3-8-21(18)27/h2-13,29H,14-15H2,1H3,(H,30,32). The van der Waals surface area contributed by atoms with E-state index in [1.807, 2.05) is 0 Å². The van der Waals surface area contributed by atoms with Gasteiger partial charge in [0.1, 0.15) is 16.5 Å². The lowest BCUT2D eigenvalue weighted by Crippen LogP contribution is -2.33. The fourth-order valence-electron chi connectivity index (χ4n) is 3.51. The Morgan fingerprint density at radius 3 is 2.40 bits per heavy atom. The molecule has 0 fully saturated rings. The number of hydrogen-bond donors (Lipinski definition) is 2. The van der Waals surface area contributed by atoms with Crippen molar-refractivity contribution in [3.05, 3.63) is 105 Å². The average molecular weight is 510 g/mol. The van der Waals surface area contributed by atoms with E-state index in [1.165, 1.54) is 0 Å². The van der Waals surface area contributed by atoms with E-state index in [0.29, 0.717) is 27.6 Å². The molecule has 3 aromatic carbocycles. The first kappa shape index (κ1) is 24.3. The Morgan fingerprint density at radius 2 is 1.69 bits per heavy atom. The summed E-state index contributed by atoms with van der Waals surface area (Å²) in [5, 5.41) is 6.05. The molecule has 1 heterocycles. The summed E-state index contributed by atoms with van der Waals surface area (Å²) >= 11 is 12.3. The van der Waals surface area contributed by atoms with E-state index >= 15 is 0 Å². The highest BCUT2D eigenvalue weighted by Crippen LogP contribution is 2.26. The number of rotatable bonds is 8. The molecule has 9 heteroatoms. The molecule has 0 saturated heterocycles. The molecule has 3 amide bonds. The maximum Gasteiger partial charge on any atom is 0.278 e. The molecular weight excluding hydrogens is 489 g/mol. The fourth-order valence-corrected chi connectivity index (χ4v) is 3.95. The average Bonchev–Trinajstić information content (AvgIpc) is 3.07. The van der Waals surface area contributed by atoms with Crippen molar-refractivity contribution < 1.29 is 19.1 Å². The number of halogens is 2. The molecule has 1 aliphatic heterocycles. The van der Waals surface area contributed by atoms with Crippen molar-refractivity contribution in [1.82, 2.24) is 10.2 Å². The van der Waals surface area contributed by atoms with E-state index < -0.39 is 11.8 Å². The van der Waals surface area contributed by atoms with Gasteiger partial charge in [-0.25, -0.2) is 0 Å². The minimum atomic E-state index is -0.580. The third-order valence-electron chi connectivity index (χ3n) is 5.41. The summed E-state index contributed by atoms with van der Waals surface area (Å²) in [4.78, 5) is 39.0. The molecule has 4 rings (SSSR count). The number of amides is 3. The lowest BCUT2D eigenvalue weighted by molar-refractivity contribution is -0.138. The first-order chi connectivity index (χ1) is 16.9. The van der Waals surface area contributed by atoms with Gasteiger partial charge in [0, 0.05) is 28.9 Å². The first-order valence-electron chi connectivity index (χ1n) is 10.6. The molecule has 3 aromatic rings. The summed E-state index contributed by atoms with van der Waals surface area (Å²) in [7, 11) is 1.56. The highest BCUT2D eigenvalue weighted by molar-refractivity contribution is 6.47. The van der Waals surface area contributed by atoms with E-state index in [1.54, 1.807) is 79.9 Å². The number of nitrogens with one attached hydrogen (secondary N) is 2. The van der Waals surface area contributed by atoms with Crippen molar-refractivity contribution >= 4 is 46.6 Å². The maximum absolute atomic E-state index is 12.8. The Morgan fingerprint density at radius 1 is 0.943 bits per heavy atom. The number of anilines is 1. The number of nitrogens with zero attached hydrogens (tertiary/aromatic N) is 1. The van der Waals surface area contributed by atoms with Crippen LogP contribution in [0.4, 0.5) is 5.69 Å². The van der Waals surface area contributed by atoms with Crippen LogP contribution in [0, 0.1) is 0 Å². The molecule has 0 bridgehead atoms. The Kier molecular flexibility index (Phi) is 7.39. The monoisotopic (exact) mass is 509 g/mol. The smallest absolute Gasteiger partial charge is 0.278 e. The molecule has 1 aliphatic rings. The number of imide groups is 1. The summed E-state index contributed by atoms with van der Waals surface area (Å²) in [6, 6.07) is 20.9. The van der Waals surface area contributed by atoms with Crippen LogP contribution in [0.1, 0.15) is 21.5 Å². The van der Waals surface area contributed by atoms with Crippen LogP contribution in [0.2, 0.25) is 5.02 Å². The van der Waals surface area contributed by atoms with Gasteiger partial charge in [-0.1, -0.05) is 59.6 Å². The molecule has 178 valence electrons. The van der Waals surface area contributed by atoms with Gasteiger partial charge >= 0.3 is 0 Å². The van der Waals surface area contributed by atoms with Gasteiger partial charge in [-0.15, -0.1) is 0 Å². The minimum absolute atomic E-state index is 0.0236. The highest BCUT2D eigenvalue weighted by Gasteiger charge is 2.37. The van der Waals surface area contributed by atoms with Crippen LogP contribution in [-0.4, -0.2) is 29.7 Å². The van der Waals surface area contributed by atoms with Crippen molar-refractivity contribution in [3.8, 4) is 5.75 Å². The molecule has 7 nitrogen and oxygen atoms in total. The molecule has 0 aliphatic carbocycles. The number of carbonyl (C=O) groups excluding carboxylic acids is 3. The molecule has 0 spiro atoms. The third kappa shape index (κ3) is 5.48. The van der Waals surface area contributed by atoms with Gasteiger partial charge in [0.2, 0.25) is 0 Å². The highest BCUT2D eigenvalue weighted by atomic mass is 35.5. The van der Waals surface area contributed by atoms with Crippen LogP contribution in [-0.2, 0) is 22.7 Å². The zero-order valence-electron chi connectivity index (χ0n) is 18.7. The predicted molar refractivity (Wildman–Crippen MR) is 134 cm³/mol. The predicted octanol–water partition coefficient (Wildman–Crippen LogP) is 4.71. The quantitative estimate of drug-likeness (QED) is 0.429. The van der Waals surface area contributed by atoms with E-state index in [2.05, 4.69) is 10.6 Å². The summed E-state index contributed by atoms with van der Waals surface area (Å²) in [6.45, 7) is 0.262. The van der Waals surface area contributed by atoms with E-state index in [-0.39, 0.29) is 29.7 Å². The van der Waals surface area contributed by atoms with Crippen LogP contribution < -0.4 is 15.4 Å². The zero-order chi connectivity index (χ0) is 24.9. The van der Waals surface area contributed by atoms with Crippen molar-refractivity contribution in [1.29, 1.82) is 0 Å². The largest absolute Gasteiger partial charge is 0.497 e. The fraction of sp³-hybridized carbons (Fsp3) is 0.115. The number of methoxy groups -OCH3 is 1. The van der Waals surface area contributed by atoms with E-state index in [0.717, 1.165) is 10.5 Å². The summed E-state index contributed by atoms with van der Waals surface area (Å²) < 4.78 is 5.16. The Balaban J connectivity index is 1.37. The number of hydrogen-bond acceptors (Lipinski definition) is 5. The SMILES string of the molecule is COc1cccc(NC(=O)c2ccc(CNC3=C(Cl)C(=O)N(Cc4ccccc4Cl)C3=O)cc2)c1. The van der Waals surface area contributed by atoms with Crippen LogP contribution in [0.5, 0.6) is 5.75 Å². The van der Waals surface area contributed by atoms with Crippen molar-refractivity contribution in [2.75, 3.05) is 12.4 Å². The summed E-state index contributed by atoms with van der Waals surface area (Å²) in [5.41, 5.74) is 2.55. The van der Waals surface area contributed by atoms with Gasteiger partial charge < -0.3 is 15.4 Å². The molecule has 2 N–H and O–H groups in total. The molecule has 0 saturated carbocycles. The first-order valence-corrected chi connectivity index (χ1v) is 11.4. The van der Waals surface area contributed by atoms with Crippen LogP contribution in [0.25, 0.3) is 0 Å².